The summed E-state index contributed by atoms with van der Waals surface area (Å²) in [7, 11) is 0. The third-order valence-electron chi connectivity index (χ3n) is 7.16. The number of nitrogens with zero attached hydrogens (tertiary/aromatic N) is 2. The van der Waals surface area contributed by atoms with Crippen LogP contribution in [0.3, 0.4) is 0 Å². The predicted molar refractivity (Wildman–Crippen MR) is 131 cm³/mol. The first-order chi connectivity index (χ1) is 17.6. The summed E-state index contributed by atoms with van der Waals surface area (Å²) in [6, 6.07) is 10.4. The van der Waals surface area contributed by atoms with E-state index in [-0.39, 0.29) is 42.1 Å². The van der Waals surface area contributed by atoms with Crippen LogP contribution in [0.2, 0.25) is 0 Å². The first-order valence-corrected chi connectivity index (χ1v) is 12.0. The van der Waals surface area contributed by atoms with Crippen molar-refractivity contribution in [3.8, 4) is 6.07 Å². The Bertz CT molecular complexity index is 1480. The molecule has 5 rings (SSSR count). The summed E-state index contributed by atoms with van der Waals surface area (Å²) in [5, 5.41) is 15.4. The van der Waals surface area contributed by atoms with Crippen molar-refractivity contribution in [2.75, 3.05) is 11.9 Å². The second-order valence-electron chi connectivity index (χ2n) is 10.1. The number of nitriles is 1. The third-order valence-corrected chi connectivity index (χ3v) is 7.16. The van der Waals surface area contributed by atoms with Gasteiger partial charge >= 0.3 is 0 Å². The molecule has 2 aliphatic rings. The number of likely N-dealkylation sites (tertiary alicyclic amines) is 1. The zero-order valence-electron chi connectivity index (χ0n) is 20.3. The van der Waals surface area contributed by atoms with Crippen molar-refractivity contribution in [1.29, 1.82) is 5.26 Å². The molecule has 0 aliphatic carbocycles. The van der Waals surface area contributed by atoms with Crippen LogP contribution in [0.1, 0.15) is 42.7 Å². The van der Waals surface area contributed by atoms with Gasteiger partial charge in [0.1, 0.15) is 29.4 Å². The molecule has 1 aromatic heterocycles. The van der Waals surface area contributed by atoms with Crippen LogP contribution in [0, 0.1) is 28.9 Å². The summed E-state index contributed by atoms with van der Waals surface area (Å²) >= 11 is 0. The van der Waals surface area contributed by atoms with E-state index >= 15 is 0 Å². The van der Waals surface area contributed by atoms with Crippen molar-refractivity contribution < 1.29 is 23.2 Å². The molecule has 0 bridgehead atoms. The Hall–Kier alpha value is -4.26. The maximum Gasteiger partial charge on any atom is 0.268 e. The molecule has 0 radical (unpaired) electrons. The molecule has 10 heteroatoms. The van der Waals surface area contributed by atoms with Crippen LogP contribution >= 0.6 is 0 Å². The van der Waals surface area contributed by atoms with Crippen molar-refractivity contribution >= 4 is 34.3 Å². The zero-order valence-corrected chi connectivity index (χ0v) is 20.3. The first kappa shape index (κ1) is 24.4. The molecule has 3 aromatic rings. The van der Waals surface area contributed by atoms with Crippen LogP contribution in [0.4, 0.5) is 14.5 Å². The first-order valence-electron chi connectivity index (χ1n) is 12.0. The van der Waals surface area contributed by atoms with Crippen molar-refractivity contribution in [2.24, 2.45) is 5.92 Å². The van der Waals surface area contributed by atoms with Crippen LogP contribution in [0.15, 0.2) is 42.5 Å². The van der Waals surface area contributed by atoms with E-state index in [0.29, 0.717) is 11.1 Å². The number of carbonyl (C=O) groups excluding carboxylic acids is 3. The number of H-pyrrole nitrogens is 1. The van der Waals surface area contributed by atoms with E-state index < -0.39 is 46.9 Å². The van der Waals surface area contributed by atoms with Gasteiger partial charge in [-0.25, -0.2) is 8.78 Å². The molecule has 2 aromatic carbocycles. The lowest BCUT2D eigenvalue weighted by molar-refractivity contribution is -0.134. The average Bonchev–Trinajstić information content (AvgIpc) is 3.54. The number of aromatic amines is 1. The molecule has 37 heavy (non-hydrogen) atoms. The highest BCUT2D eigenvalue weighted by atomic mass is 19.1. The maximum atomic E-state index is 14.4. The number of rotatable bonds is 5. The normalized spacial score (nSPS) is 21.2. The Morgan fingerprint density at radius 2 is 1.95 bits per heavy atom. The van der Waals surface area contributed by atoms with Crippen molar-refractivity contribution in [3.05, 3.63) is 65.4 Å². The molecule has 3 atom stereocenters. The summed E-state index contributed by atoms with van der Waals surface area (Å²) in [6.07, 6.45) is 0.291. The fraction of sp³-hybridized carbons (Fsp3) is 0.333. The lowest BCUT2D eigenvalue weighted by Crippen LogP contribution is -2.51. The standard InChI is InChI=1S/C27H25F2N5O3/c1-14(2)9-22(32-24(35)21-10-16-18(28)6-4-8-20(16)31-21)25(36)34-13-27(11-15(34)12-30)17-5-3-7-19(29)23(17)33-26(27)37/h3-8,10,14-15,22,31H,9,11,13H2,1-2H3,(H,32,35)(H,33,37)/t15-,22-,27-/m0/s1. The van der Waals surface area contributed by atoms with E-state index in [9.17, 15) is 28.4 Å². The molecule has 3 N–H and O–H groups in total. The number of amides is 3. The number of hydrogen-bond donors (Lipinski definition) is 3. The van der Waals surface area contributed by atoms with Gasteiger partial charge in [0, 0.05) is 23.9 Å². The quantitative estimate of drug-likeness (QED) is 0.491. The van der Waals surface area contributed by atoms with Crippen molar-refractivity contribution in [2.45, 2.75) is 44.2 Å². The van der Waals surface area contributed by atoms with Gasteiger partial charge in [0.15, 0.2) is 0 Å². The van der Waals surface area contributed by atoms with E-state index in [0.717, 1.165) is 0 Å². The molecule has 8 nitrogen and oxygen atoms in total. The Kier molecular flexibility index (Phi) is 5.94. The monoisotopic (exact) mass is 505 g/mol. The highest BCUT2D eigenvalue weighted by Gasteiger charge is 2.57. The Labute approximate surface area is 211 Å². The summed E-state index contributed by atoms with van der Waals surface area (Å²) in [5.74, 6) is -2.62. The molecular weight excluding hydrogens is 480 g/mol. The minimum atomic E-state index is -1.26. The topological polar surface area (TPSA) is 118 Å². The van der Waals surface area contributed by atoms with E-state index in [1.807, 2.05) is 13.8 Å². The minimum Gasteiger partial charge on any atom is -0.350 e. The number of benzene rings is 2. The zero-order chi connectivity index (χ0) is 26.5. The lowest BCUT2D eigenvalue weighted by Gasteiger charge is -2.28. The van der Waals surface area contributed by atoms with Gasteiger partial charge in [-0.05, 0) is 42.2 Å². The molecule has 190 valence electrons. The molecule has 0 saturated carbocycles. The SMILES string of the molecule is CC(C)C[C@H](NC(=O)c1cc2c(F)cccc2[nH]1)C(=O)N1C[C@]2(C[C@H]1C#N)C(=O)Nc1c(F)cccc12. The van der Waals surface area contributed by atoms with Crippen LogP contribution in [-0.2, 0) is 15.0 Å². The minimum absolute atomic E-state index is 0.0103. The number of anilines is 1. The third kappa shape index (κ3) is 4.00. The van der Waals surface area contributed by atoms with Gasteiger partial charge < -0.3 is 20.5 Å². The Balaban J connectivity index is 1.43. The fourth-order valence-corrected chi connectivity index (χ4v) is 5.39. The van der Waals surface area contributed by atoms with Gasteiger partial charge in [-0.3, -0.25) is 14.4 Å². The molecule has 1 spiro atoms. The molecule has 1 fully saturated rings. The second kappa shape index (κ2) is 9.00. The molecule has 3 amide bonds. The summed E-state index contributed by atoms with van der Waals surface area (Å²) in [4.78, 5) is 44.0. The molecule has 1 saturated heterocycles. The largest absolute Gasteiger partial charge is 0.350 e. The smallest absolute Gasteiger partial charge is 0.268 e. The van der Waals surface area contributed by atoms with Crippen LogP contribution in [0.25, 0.3) is 10.9 Å². The van der Waals surface area contributed by atoms with E-state index in [1.54, 1.807) is 12.1 Å². The molecule has 2 aliphatic heterocycles. The van der Waals surface area contributed by atoms with Crippen molar-refractivity contribution in [1.82, 2.24) is 15.2 Å². The number of fused-ring (bicyclic) bond motifs is 3. The number of nitrogens with one attached hydrogen (secondary N) is 3. The van der Waals surface area contributed by atoms with Crippen molar-refractivity contribution in [3.63, 3.8) is 0 Å². The summed E-state index contributed by atoms with van der Waals surface area (Å²) in [5.41, 5.74) is -0.236. The number of carbonyl (C=O) groups is 3. The molecule has 3 heterocycles. The van der Waals surface area contributed by atoms with E-state index in [4.69, 9.17) is 0 Å². The van der Waals surface area contributed by atoms with E-state index in [2.05, 4.69) is 21.7 Å². The second-order valence-corrected chi connectivity index (χ2v) is 10.1. The summed E-state index contributed by atoms with van der Waals surface area (Å²) < 4.78 is 28.5. The number of aromatic nitrogens is 1. The Morgan fingerprint density at radius 1 is 1.22 bits per heavy atom. The number of halogens is 2. The molecular formula is C27H25F2N5O3. The highest BCUT2D eigenvalue weighted by molar-refractivity contribution is 6.07. The van der Waals surface area contributed by atoms with Gasteiger partial charge in [-0.15, -0.1) is 0 Å². The van der Waals surface area contributed by atoms with Crippen LogP contribution < -0.4 is 10.6 Å². The van der Waals surface area contributed by atoms with E-state index in [1.165, 1.54) is 35.2 Å². The van der Waals surface area contributed by atoms with Crippen LogP contribution in [0.5, 0.6) is 0 Å². The average molecular weight is 506 g/mol. The van der Waals surface area contributed by atoms with Crippen LogP contribution in [-0.4, -0.2) is 46.2 Å². The Morgan fingerprint density at radius 3 is 2.65 bits per heavy atom. The predicted octanol–water partition coefficient (Wildman–Crippen LogP) is 3.61. The number of para-hydroxylation sites is 1. The lowest BCUT2D eigenvalue weighted by atomic mass is 9.79. The highest BCUT2D eigenvalue weighted by Crippen LogP contribution is 2.47. The number of hydrogen-bond acceptors (Lipinski definition) is 4. The van der Waals surface area contributed by atoms with Gasteiger partial charge in [0.2, 0.25) is 11.8 Å². The van der Waals surface area contributed by atoms with Gasteiger partial charge in [0.25, 0.3) is 5.91 Å². The fourth-order valence-electron chi connectivity index (χ4n) is 5.39. The molecule has 0 unspecified atom stereocenters. The van der Waals surface area contributed by atoms with Gasteiger partial charge in [-0.2, -0.15) is 5.26 Å². The maximum absolute atomic E-state index is 14.4. The van der Waals surface area contributed by atoms with Gasteiger partial charge in [0.05, 0.1) is 17.2 Å². The summed E-state index contributed by atoms with van der Waals surface area (Å²) in [6.45, 7) is 3.66. The van der Waals surface area contributed by atoms with Gasteiger partial charge in [-0.1, -0.05) is 32.0 Å².